The molecule has 1 amide bonds. The van der Waals surface area contributed by atoms with Gasteiger partial charge in [0.05, 0.1) is 17.5 Å². The molecule has 1 aromatic heterocycles. The normalized spacial score (nSPS) is 13.4. The Morgan fingerprint density at radius 2 is 1.63 bits per heavy atom. The molecule has 1 atom stereocenters. The molecule has 41 heavy (non-hydrogen) atoms. The molecule has 0 fully saturated rings. The molecule has 0 saturated carbocycles. The second-order valence-electron chi connectivity index (χ2n) is 9.83. The van der Waals surface area contributed by atoms with Crippen molar-refractivity contribution in [3.63, 3.8) is 0 Å². The van der Waals surface area contributed by atoms with Crippen molar-refractivity contribution < 1.29 is 30.8 Å². The van der Waals surface area contributed by atoms with E-state index in [0.29, 0.717) is 28.7 Å². The Morgan fingerprint density at radius 3 is 2.29 bits per heavy atom. The van der Waals surface area contributed by atoms with Gasteiger partial charge in [0.15, 0.2) is 0 Å². The monoisotopic (exact) mass is 587 g/mol. The van der Waals surface area contributed by atoms with Crippen LogP contribution in [0.5, 0.6) is 0 Å². The summed E-state index contributed by atoms with van der Waals surface area (Å²) in [5.74, 6) is -1.84. The lowest BCUT2D eigenvalue weighted by Crippen LogP contribution is -2.36. The zero-order valence-corrected chi connectivity index (χ0v) is 23.3. The molecule has 4 rings (SSSR count). The number of nitrogens with one attached hydrogen (secondary N) is 1. The number of carbonyl (C=O) groups is 1. The van der Waals surface area contributed by atoms with Crippen LogP contribution in [0.2, 0.25) is 0 Å². The number of sulfonamides is 1. The van der Waals surface area contributed by atoms with Crippen molar-refractivity contribution in [3.05, 3.63) is 89.8 Å². The van der Waals surface area contributed by atoms with Gasteiger partial charge < -0.3 is 15.5 Å². The minimum Gasteiger partial charge on any atom is -0.419 e. The third kappa shape index (κ3) is 7.11. The molecule has 4 aromatic rings. The number of hydrogen-bond donors (Lipinski definition) is 2. The molecule has 0 aliphatic rings. The van der Waals surface area contributed by atoms with Gasteiger partial charge in [-0.05, 0) is 53.8 Å². The molecule has 0 aliphatic carbocycles. The Morgan fingerprint density at radius 1 is 1.00 bits per heavy atom. The lowest BCUT2D eigenvalue weighted by molar-refractivity contribution is -0.173. The number of anilines is 1. The van der Waals surface area contributed by atoms with Gasteiger partial charge in [0.25, 0.3) is 0 Å². The summed E-state index contributed by atoms with van der Waals surface area (Å²) in [6, 6.07) is 20.8. The fourth-order valence-corrected chi connectivity index (χ4v) is 4.65. The quantitative estimate of drug-likeness (QED) is 0.297. The van der Waals surface area contributed by atoms with Gasteiger partial charge in [0, 0.05) is 19.2 Å². The Balaban J connectivity index is 1.76. The van der Waals surface area contributed by atoms with E-state index in [1.165, 1.54) is 7.05 Å². The highest BCUT2D eigenvalue weighted by Gasteiger charge is 2.38. The summed E-state index contributed by atoms with van der Waals surface area (Å²) in [6.07, 6.45) is -3.59. The summed E-state index contributed by atoms with van der Waals surface area (Å²) in [5, 5.41) is 10.2. The number of nitrogens with zero attached hydrogens (tertiary/aromatic N) is 3. The summed E-state index contributed by atoms with van der Waals surface area (Å²) in [4.78, 5) is 11.4. The highest BCUT2D eigenvalue weighted by Crippen LogP contribution is 2.35. The van der Waals surface area contributed by atoms with Crippen molar-refractivity contribution in [1.82, 2.24) is 15.5 Å². The van der Waals surface area contributed by atoms with Gasteiger partial charge in [0.1, 0.15) is 0 Å². The molecular formula is C28H28F3N5O4S. The molecule has 13 heteroatoms. The summed E-state index contributed by atoms with van der Waals surface area (Å²) >= 11 is 0. The van der Waals surface area contributed by atoms with E-state index in [2.05, 4.69) is 10.2 Å². The zero-order valence-electron chi connectivity index (χ0n) is 22.4. The van der Waals surface area contributed by atoms with Gasteiger partial charge in [-0.2, -0.15) is 13.2 Å². The number of alkyl halides is 3. The van der Waals surface area contributed by atoms with E-state index in [1.807, 2.05) is 35.6 Å². The molecule has 216 valence electrons. The summed E-state index contributed by atoms with van der Waals surface area (Å²) in [5.41, 5.74) is 8.37. The molecule has 3 aromatic carbocycles. The third-order valence-electron chi connectivity index (χ3n) is 6.38. The molecule has 9 nitrogen and oxygen atoms in total. The average molecular weight is 588 g/mol. The lowest BCUT2D eigenvalue weighted by atomic mass is 9.94. The van der Waals surface area contributed by atoms with E-state index >= 15 is 0 Å². The van der Waals surface area contributed by atoms with Gasteiger partial charge in [-0.15, -0.1) is 10.2 Å². The predicted molar refractivity (Wildman–Crippen MR) is 148 cm³/mol. The SMILES string of the molecule is CN(c1cc(-c2nnc([C@@](C)(N)Cc3ccccc3)o2)cc(-c2ccccc2CNC(=O)C(F)(F)F)c1)S(C)(=O)=O. The first-order chi connectivity index (χ1) is 19.1. The first kappa shape index (κ1) is 29.7. The standard InChI is InChI=1S/C28H28F3N5O4S/c1-27(32,16-18-9-5-4-6-10-18)26-35-34-24(40-26)21-13-20(14-22(15-21)36(2)41(3,38)39)23-12-8-7-11-19(23)17-33-25(37)28(29,30)31/h4-15H,16-17,32H2,1-3H3,(H,33,37)/t27-/m0/s1. The van der Waals surface area contributed by atoms with Gasteiger partial charge in [0.2, 0.25) is 21.8 Å². The van der Waals surface area contributed by atoms with E-state index < -0.39 is 34.2 Å². The second-order valence-corrected chi connectivity index (χ2v) is 11.8. The molecule has 0 unspecified atom stereocenters. The van der Waals surface area contributed by atoms with Crippen LogP contribution in [0.3, 0.4) is 0 Å². The van der Waals surface area contributed by atoms with Crippen LogP contribution in [0, 0.1) is 0 Å². The topological polar surface area (TPSA) is 131 Å². The molecule has 0 spiro atoms. The molecule has 0 bridgehead atoms. The highest BCUT2D eigenvalue weighted by molar-refractivity contribution is 7.92. The van der Waals surface area contributed by atoms with Gasteiger partial charge in [-0.1, -0.05) is 54.6 Å². The molecular weight excluding hydrogens is 559 g/mol. The van der Waals surface area contributed by atoms with Crippen LogP contribution in [0.1, 0.15) is 23.9 Å². The van der Waals surface area contributed by atoms with Crippen molar-refractivity contribution in [3.8, 4) is 22.6 Å². The van der Waals surface area contributed by atoms with Crippen LogP contribution in [0.15, 0.2) is 77.2 Å². The zero-order chi connectivity index (χ0) is 30.0. The van der Waals surface area contributed by atoms with Crippen LogP contribution in [0.4, 0.5) is 18.9 Å². The Hall–Kier alpha value is -4.23. The van der Waals surface area contributed by atoms with E-state index in [-0.39, 0.29) is 17.5 Å². The average Bonchev–Trinajstić information content (AvgIpc) is 3.42. The maximum atomic E-state index is 12.8. The summed E-state index contributed by atoms with van der Waals surface area (Å²) in [6.45, 7) is 1.34. The van der Waals surface area contributed by atoms with E-state index in [9.17, 15) is 26.4 Å². The number of benzene rings is 3. The van der Waals surface area contributed by atoms with Crippen molar-refractivity contribution in [2.45, 2.75) is 31.6 Å². The number of nitrogens with two attached hydrogens (primary N) is 1. The largest absolute Gasteiger partial charge is 0.471 e. The Bertz CT molecular complexity index is 1650. The van der Waals surface area contributed by atoms with Gasteiger partial charge in [-0.25, -0.2) is 8.42 Å². The van der Waals surface area contributed by atoms with Crippen LogP contribution >= 0.6 is 0 Å². The fourth-order valence-electron chi connectivity index (χ4n) is 4.16. The number of rotatable bonds is 9. The minimum atomic E-state index is -5.03. The van der Waals surface area contributed by atoms with E-state index in [4.69, 9.17) is 10.2 Å². The molecule has 0 aliphatic heterocycles. The van der Waals surface area contributed by atoms with E-state index in [0.717, 1.165) is 16.1 Å². The minimum absolute atomic E-state index is 0.0672. The molecule has 1 heterocycles. The maximum Gasteiger partial charge on any atom is 0.471 e. The molecule has 3 N–H and O–H groups in total. The Labute approximate surface area is 235 Å². The first-order valence-electron chi connectivity index (χ1n) is 12.3. The second kappa shape index (κ2) is 11.3. The van der Waals surface area contributed by atoms with Crippen molar-refractivity contribution in [2.75, 3.05) is 17.6 Å². The molecule has 0 saturated heterocycles. The predicted octanol–water partition coefficient (Wildman–Crippen LogP) is 4.39. The highest BCUT2D eigenvalue weighted by atomic mass is 32.2. The third-order valence-corrected chi connectivity index (χ3v) is 7.58. The number of halogens is 3. The van der Waals surface area contributed by atoms with Crippen LogP contribution in [0.25, 0.3) is 22.6 Å². The number of amides is 1. The van der Waals surface area contributed by atoms with Crippen LogP contribution in [-0.2, 0) is 33.3 Å². The van der Waals surface area contributed by atoms with Crippen molar-refractivity contribution in [2.24, 2.45) is 5.73 Å². The molecule has 0 radical (unpaired) electrons. The maximum absolute atomic E-state index is 12.8. The fraction of sp³-hybridized carbons (Fsp3) is 0.250. The summed E-state index contributed by atoms with van der Waals surface area (Å²) in [7, 11) is -2.32. The van der Waals surface area contributed by atoms with Crippen molar-refractivity contribution in [1.29, 1.82) is 0 Å². The number of aromatic nitrogens is 2. The Kier molecular flexibility index (Phi) is 8.22. The number of carbonyl (C=O) groups excluding carboxylic acids is 1. The van der Waals surface area contributed by atoms with Gasteiger partial charge >= 0.3 is 12.1 Å². The van der Waals surface area contributed by atoms with Crippen LogP contribution < -0.4 is 15.4 Å². The van der Waals surface area contributed by atoms with Crippen molar-refractivity contribution >= 4 is 21.6 Å². The summed E-state index contributed by atoms with van der Waals surface area (Å²) < 4.78 is 70.1. The lowest BCUT2D eigenvalue weighted by Gasteiger charge is -2.20. The smallest absolute Gasteiger partial charge is 0.419 e. The van der Waals surface area contributed by atoms with E-state index in [1.54, 1.807) is 49.4 Å². The number of hydrogen-bond acceptors (Lipinski definition) is 7. The van der Waals surface area contributed by atoms with Crippen LogP contribution in [-0.4, -0.2) is 44.0 Å². The first-order valence-corrected chi connectivity index (χ1v) is 14.2. The van der Waals surface area contributed by atoms with Gasteiger partial charge in [-0.3, -0.25) is 9.10 Å².